The standard InChI is InChI=1S/C34H36ClN3O5S/c1-4-32(34(40)36-25(2)3)37(23-26-13-11-12-18-31(26)35)33(39)24-38(44(41,42)30-16-9-6-10-17-30)27-19-21-29(22-20-27)43-28-14-7-5-8-15-28/h5-22,25,32H,4,23-24H2,1-3H3,(H,36,40)/t32-/m0/s1. The predicted octanol–water partition coefficient (Wildman–Crippen LogP) is 6.66. The van der Waals surface area contributed by atoms with Crippen molar-refractivity contribution < 1.29 is 22.7 Å². The number of carbonyl (C=O) groups excluding carboxylic acids is 2. The van der Waals surface area contributed by atoms with Gasteiger partial charge in [-0.25, -0.2) is 8.42 Å². The monoisotopic (exact) mass is 633 g/mol. The van der Waals surface area contributed by atoms with Gasteiger partial charge in [-0.2, -0.15) is 0 Å². The highest BCUT2D eigenvalue weighted by atomic mass is 35.5. The van der Waals surface area contributed by atoms with Crippen LogP contribution in [0.25, 0.3) is 0 Å². The van der Waals surface area contributed by atoms with Crippen LogP contribution in [0.5, 0.6) is 11.5 Å². The Labute approximate surface area is 264 Å². The van der Waals surface area contributed by atoms with E-state index < -0.39 is 28.5 Å². The molecule has 0 unspecified atom stereocenters. The van der Waals surface area contributed by atoms with Crippen molar-refractivity contribution in [1.82, 2.24) is 10.2 Å². The summed E-state index contributed by atoms with van der Waals surface area (Å²) in [5, 5.41) is 3.32. The number of nitrogens with zero attached hydrogens (tertiary/aromatic N) is 2. The van der Waals surface area contributed by atoms with Crippen LogP contribution in [-0.4, -0.2) is 43.8 Å². The fraction of sp³-hybridized carbons (Fsp3) is 0.235. The Hall–Kier alpha value is -4.34. The molecule has 8 nitrogen and oxygen atoms in total. The smallest absolute Gasteiger partial charge is 0.264 e. The van der Waals surface area contributed by atoms with Crippen LogP contribution in [0.4, 0.5) is 5.69 Å². The SMILES string of the molecule is CC[C@@H](C(=O)NC(C)C)N(Cc1ccccc1Cl)C(=O)CN(c1ccc(Oc2ccccc2)cc1)S(=O)(=O)c1ccccc1. The first-order valence-electron chi connectivity index (χ1n) is 14.3. The number of benzene rings is 4. The Morgan fingerprint density at radius 3 is 1.98 bits per heavy atom. The largest absolute Gasteiger partial charge is 0.457 e. The Bertz CT molecular complexity index is 1650. The molecule has 4 aromatic rings. The summed E-state index contributed by atoms with van der Waals surface area (Å²) in [4.78, 5) is 28.9. The van der Waals surface area contributed by atoms with Gasteiger partial charge in [-0.1, -0.05) is 73.1 Å². The van der Waals surface area contributed by atoms with Crippen molar-refractivity contribution in [2.75, 3.05) is 10.8 Å². The van der Waals surface area contributed by atoms with Gasteiger partial charge in [-0.3, -0.25) is 13.9 Å². The number of halogens is 1. The van der Waals surface area contributed by atoms with Crippen molar-refractivity contribution in [3.63, 3.8) is 0 Å². The first kappa shape index (κ1) is 32.6. The van der Waals surface area contributed by atoms with Crippen molar-refractivity contribution in [2.45, 2.75) is 50.7 Å². The topological polar surface area (TPSA) is 96.0 Å². The van der Waals surface area contributed by atoms with Crippen LogP contribution in [0, 0.1) is 0 Å². The van der Waals surface area contributed by atoms with Gasteiger partial charge in [-0.15, -0.1) is 0 Å². The molecule has 0 aliphatic rings. The molecule has 0 bridgehead atoms. The zero-order chi connectivity index (χ0) is 31.7. The number of para-hydroxylation sites is 1. The number of anilines is 1. The van der Waals surface area contributed by atoms with Crippen LogP contribution < -0.4 is 14.4 Å². The van der Waals surface area contributed by atoms with E-state index in [1.165, 1.54) is 17.0 Å². The van der Waals surface area contributed by atoms with Gasteiger partial charge in [0.25, 0.3) is 10.0 Å². The van der Waals surface area contributed by atoms with E-state index in [4.69, 9.17) is 16.3 Å². The van der Waals surface area contributed by atoms with Crippen LogP contribution in [0.1, 0.15) is 32.8 Å². The van der Waals surface area contributed by atoms with Crippen LogP contribution >= 0.6 is 11.6 Å². The number of sulfonamides is 1. The number of hydrogen-bond donors (Lipinski definition) is 1. The number of ether oxygens (including phenoxy) is 1. The lowest BCUT2D eigenvalue weighted by Gasteiger charge is -2.33. The molecule has 4 aromatic carbocycles. The number of rotatable bonds is 13. The maximum atomic E-state index is 14.2. The Morgan fingerprint density at radius 2 is 1.39 bits per heavy atom. The molecule has 4 rings (SSSR count). The van der Waals surface area contributed by atoms with E-state index in [1.54, 1.807) is 73.7 Å². The summed E-state index contributed by atoms with van der Waals surface area (Å²) in [5.41, 5.74) is 0.901. The Balaban J connectivity index is 1.72. The average molecular weight is 634 g/mol. The molecule has 0 saturated carbocycles. The molecule has 44 heavy (non-hydrogen) atoms. The van der Waals surface area contributed by atoms with Crippen LogP contribution in [0.3, 0.4) is 0 Å². The first-order valence-corrected chi connectivity index (χ1v) is 16.2. The molecule has 0 fully saturated rings. The molecular formula is C34H36ClN3O5S. The molecular weight excluding hydrogens is 598 g/mol. The summed E-state index contributed by atoms with van der Waals surface area (Å²) >= 11 is 6.46. The maximum Gasteiger partial charge on any atom is 0.264 e. The Morgan fingerprint density at radius 1 is 0.818 bits per heavy atom. The van der Waals surface area contributed by atoms with Crippen molar-refractivity contribution in [2.24, 2.45) is 0 Å². The van der Waals surface area contributed by atoms with E-state index in [0.29, 0.717) is 28.5 Å². The Kier molecular flexibility index (Phi) is 11.0. The number of nitrogens with one attached hydrogen (secondary N) is 1. The lowest BCUT2D eigenvalue weighted by atomic mass is 10.1. The third-order valence-corrected chi connectivity index (χ3v) is 8.99. The second kappa shape index (κ2) is 14.9. The van der Waals surface area contributed by atoms with Gasteiger partial charge in [0.1, 0.15) is 24.1 Å². The maximum absolute atomic E-state index is 14.2. The molecule has 0 spiro atoms. The lowest BCUT2D eigenvalue weighted by molar-refractivity contribution is -0.140. The van der Waals surface area contributed by atoms with E-state index in [-0.39, 0.29) is 29.1 Å². The highest BCUT2D eigenvalue weighted by Crippen LogP contribution is 2.29. The van der Waals surface area contributed by atoms with E-state index in [9.17, 15) is 18.0 Å². The molecule has 1 atom stereocenters. The summed E-state index contributed by atoms with van der Waals surface area (Å²) in [6.07, 6.45) is 0.311. The molecule has 2 amide bonds. The van der Waals surface area contributed by atoms with Gasteiger partial charge in [0, 0.05) is 17.6 Å². The first-order chi connectivity index (χ1) is 21.1. The normalized spacial score (nSPS) is 11.9. The number of amides is 2. The van der Waals surface area contributed by atoms with E-state index in [2.05, 4.69) is 5.32 Å². The summed E-state index contributed by atoms with van der Waals surface area (Å²) in [5.74, 6) is 0.243. The van der Waals surface area contributed by atoms with Crippen molar-refractivity contribution in [3.8, 4) is 11.5 Å². The number of hydrogen-bond acceptors (Lipinski definition) is 5. The average Bonchev–Trinajstić information content (AvgIpc) is 3.01. The minimum Gasteiger partial charge on any atom is -0.457 e. The molecule has 1 N–H and O–H groups in total. The second-order valence-corrected chi connectivity index (χ2v) is 12.7. The third-order valence-electron chi connectivity index (χ3n) is 6.83. The lowest BCUT2D eigenvalue weighted by Crippen LogP contribution is -2.53. The fourth-order valence-electron chi connectivity index (χ4n) is 4.66. The predicted molar refractivity (Wildman–Crippen MR) is 173 cm³/mol. The third kappa shape index (κ3) is 8.18. The van der Waals surface area contributed by atoms with Gasteiger partial charge in [0.15, 0.2) is 0 Å². The zero-order valence-electron chi connectivity index (χ0n) is 24.9. The molecule has 0 saturated heterocycles. The van der Waals surface area contributed by atoms with Crippen molar-refractivity contribution >= 4 is 39.1 Å². The van der Waals surface area contributed by atoms with Crippen molar-refractivity contribution in [1.29, 1.82) is 0 Å². The number of carbonyl (C=O) groups is 2. The van der Waals surface area contributed by atoms with E-state index >= 15 is 0 Å². The summed E-state index contributed by atoms with van der Waals surface area (Å²) in [6, 6.07) is 29.6. The van der Waals surface area contributed by atoms with Crippen molar-refractivity contribution in [3.05, 3.63) is 120 Å². The van der Waals surface area contributed by atoms with Gasteiger partial charge in [-0.05, 0) is 80.4 Å². The van der Waals surface area contributed by atoms with E-state index in [0.717, 1.165) is 4.31 Å². The minimum atomic E-state index is -4.19. The highest BCUT2D eigenvalue weighted by molar-refractivity contribution is 7.92. The zero-order valence-corrected chi connectivity index (χ0v) is 26.5. The van der Waals surface area contributed by atoms with Gasteiger partial charge >= 0.3 is 0 Å². The molecule has 230 valence electrons. The summed E-state index contributed by atoms with van der Waals surface area (Å²) < 4.78 is 35.0. The quantitative estimate of drug-likeness (QED) is 0.178. The molecule has 0 radical (unpaired) electrons. The van der Waals surface area contributed by atoms with Gasteiger partial charge < -0.3 is 15.0 Å². The molecule has 0 aliphatic carbocycles. The van der Waals surface area contributed by atoms with Crippen LogP contribution in [0.2, 0.25) is 5.02 Å². The minimum absolute atomic E-state index is 0.0195. The summed E-state index contributed by atoms with van der Waals surface area (Å²) in [6.45, 7) is 4.95. The second-order valence-electron chi connectivity index (χ2n) is 10.4. The van der Waals surface area contributed by atoms with Crippen LogP contribution in [-0.2, 0) is 26.2 Å². The molecule has 0 aliphatic heterocycles. The van der Waals surface area contributed by atoms with Gasteiger partial charge in [0.05, 0.1) is 10.6 Å². The molecule has 0 heterocycles. The summed E-state index contributed by atoms with van der Waals surface area (Å²) in [7, 11) is -4.19. The van der Waals surface area contributed by atoms with E-state index in [1.807, 2.05) is 44.2 Å². The van der Waals surface area contributed by atoms with Crippen LogP contribution in [0.15, 0.2) is 114 Å². The molecule has 0 aromatic heterocycles. The molecule has 10 heteroatoms. The highest BCUT2D eigenvalue weighted by Gasteiger charge is 2.34. The van der Waals surface area contributed by atoms with Gasteiger partial charge in [0.2, 0.25) is 11.8 Å². The fourth-order valence-corrected chi connectivity index (χ4v) is 6.29.